The van der Waals surface area contributed by atoms with Crippen molar-refractivity contribution in [2.45, 2.75) is 69.8 Å². The first kappa shape index (κ1) is 21.5. The number of aliphatic hydroxyl groups is 1. The highest BCUT2D eigenvalue weighted by Gasteiger charge is 2.41. The lowest BCUT2D eigenvalue weighted by atomic mass is 9.91. The van der Waals surface area contributed by atoms with E-state index in [1.165, 1.54) is 0 Å². The summed E-state index contributed by atoms with van der Waals surface area (Å²) >= 11 is 0. The summed E-state index contributed by atoms with van der Waals surface area (Å²) in [6.07, 6.45) is 3.03. The molecule has 3 aliphatic heterocycles. The standard InChI is InChI=1S/C20H34N2O6/c1-2-7-21-19(24)10-16-3-4-17-18(28-16)13-27-12-15(23)11-22(17)20(25)14-5-8-26-9-6-14/h14-18,23H,2-13H2,1H3,(H,21,24)/t15-,16-,17+,18-/m0/s1. The van der Waals surface area contributed by atoms with Crippen LogP contribution in [0.2, 0.25) is 0 Å². The van der Waals surface area contributed by atoms with Gasteiger partial charge in [0.15, 0.2) is 0 Å². The Balaban J connectivity index is 1.64. The van der Waals surface area contributed by atoms with Crippen LogP contribution in [0.15, 0.2) is 0 Å². The highest BCUT2D eigenvalue weighted by Crippen LogP contribution is 2.30. The van der Waals surface area contributed by atoms with Crippen molar-refractivity contribution < 1.29 is 28.9 Å². The molecule has 28 heavy (non-hydrogen) atoms. The third-order valence-corrected chi connectivity index (χ3v) is 5.82. The van der Waals surface area contributed by atoms with E-state index in [1.807, 2.05) is 11.8 Å². The highest BCUT2D eigenvalue weighted by atomic mass is 16.5. The van der Waals surface area contributed by atoms with Crippen LogP contribution in [0, 0.1) is 5.92 Å². The van der Waals surface area contributed by atoms with Gasteiger partial charge in [0, 0.05) is 32.2 Å². The van der Waals surface area contributed by atoms with E-state index in [1.54, 1.807) is 0 Å². The van der Waals surface area contributed by atoms with Crippen molar-refractivity contribution >= 4 is 11.8 Å². The Morgan fingerprint density at radius 1 is 1.11 bits per heavy atom. The number of nitrogens with zero attached hydrogens (tertiary/aromatic N) is 1. The van der Waals surface area contributed by atoms with Crippen molar-refractivity contribution in [1.82, 2.24) is 10.2 Å². The molecule has 8 heteroatoms. The topological polar surface area (TPSA) is 97.3 Å². The molecule has 4 atom stereocenters. The Hall–Kier alpha value is -1.22. The normalized spacial score (nSPS) is 32.1. The Morgan fingerprint density at radius 2 is 1.89 bits per heavy atom. The van der Waals surface area contributed by atoms with Gasteiger partial charge < -0.3 is 29.5 Å². The minimum Gasteiger partial charge on any atom is -0.389 e. The van der Waals surface area contributed by atoms with E-state index in [0.717, 1.165) is 25.7 Å². The molecule has 0 radical (unpaired) electrons. The minimum absolute atomic E-state index is 0.00243. The molecule has 0 spiro atoms. The number of amides is 2. The van der Waals surface area contributed by atoms with Crippen molar-refractivity contribution in [2.24, 2.45) is 5.92 Å². The van der Waals surface area contributed by atoms with Gasteiger partial charge in [0.1, 0.15) is 6.10 Å². The quantitative estimate of drug-likeness (QED) is 0.699. The van der Waals surface area contributed by atoms with E-state index in [2.05, 4.69) is 5.32 Å². The second-order valence-corrected chi connectivity index (χ2v) is 8.06. The number of nitrogens with one attached hydrogen (secondary N) is 1. The van der Waals surface area contributed by atoms with Crippen LogP contribution >= 0.6 is 0 Å². The number of aliphatic hydroxyl groups excluding tert-OH is 1. The zero-order chi connectivity index (χ0) is 19.9. The second-order valence-electron chi connectivity index (χ2n) is 8.06. The maximum absolute atomic E-state index is 13.2. The number of β-amino-alcohol motifs (C(OH)–C–C–N with tert-alkyl or cyclic N) is 1. The predicted molar refractivity (Wildman–Crippen MR) is 102 cm³/mol. The van der Waals surface area contributed by atoms with Crippen LogP contribution < -0.4 is 5.32 Å². The van der Waals surface area contributed by atoms with E-state index in [4.69, 9.17) is 14.2 Å². The van der Waals surface area contributed by atoms with Crippen molar-refractivity contribution in [3.8, 4) is 0 Å². The lowest BCUT2D eigenvalue weighted by molar-refractivity contribution is -0.173. The Kier molecular flexibility index (Phi) is 8.08. The summed E-state index contributed by atoms with van der Waals surface area (Å²) in [6.45, 7) is 4.68. The van der Waals surface area contributed by atoms with Crippen molar-refractivity contribution in [3.05, 3.63) is 0 Å². The van der Waals surface area contributed by atoms with E-state index < -0.39 is 6.10 Å². The van der Waals surface area contributed by atoms with Gasteiger partial charge in [-0.25, -0.2) is 0 Å². The molecule has 3 fully saturated rings. The van der Waals surface area contributed by atoms with Crippen LogP contribution in [0.5, 0.6) is 0 Å². The van der Waals surface area contributed by atoms with E-state index >= 15 is 0 Å². The van der Waals surface area contributed by atoms with Gasteiger partial charge in [-0.2, -0.15) is 0 Å². The fourth-order valence-electron chi connectivity index (χ4n) is 4.32. The van der Waals surface area contributed by atoms with Crippen LogP contribution in [0.4, 0.5) is 0 Å². The number of hydrogen-bond donors (Lipinski definition) is 2. The SMILES string of the molecule is CCCNC(=O)C[C@@H]1CC[C@@H]2[C@H](COC[C@@H](O)CN2C(=O)C2CCOCC2)O1. The lowest BCUT2D eigenvalue weighted by Crippen LogP contribution is -2.58. The van der Waals surface area contributed by atoms with Gasteiger partial charge in [0.2, 0.25) is 11.8 Å². The summed E-state index contributed by atoms with van der Waals surface area (Å²) in [5.74, 6) is 0.0316. The molecule has 0 aliphatic carbocycles. The molecule has 3 heterocycles. The van der Waals surface area contributed by atoms with Gasteiger partial charge in [0.05, 0.1) is 37.9 Å². The van der Waals surface area contributed by atoms with Crippen LogP contribution in [-0.4, -0.2) is 85.7 Å². The number of carbonyl (C=O) groups is 2. The third-order valence-electron chi connectivity index (χ3n) is 5.82. The van der Waals surface area contributed by atoms with Crippen LogP contribution in [-0.2, 0) is 23.8 Å². The Morgan fingerprint density at radius 3 is 2.64 bits per heavy atom. The maximum Gasteiger partial charge on any atom is 0.226 e. The molecule has 0 saturated carbocycles. The fourth-order valence-corrected chi connectivity index (χ4v) is 4.32. The summed E-state index contributed by atoms with van der Waals surface area (Å²) in [6, 6.07) is -0.125. The van der Waals surface area contributed by atoms with Gasteiger partial charge in [-0.15, -0.1) is 0 Å². The predicted octanol–water partition coefficient (Wildman–Crippen LogP) is 0.465. The summed E-state index contributed by atoms with van der Waals surface area (Å²) in [4.78, 5) is 27.1. The van der Waals surface area contributed by atoms with Crippen LogP contribution in [0.1, 0.15) is 45.4 Å². The van der Waals surface area contributed by atoms with E-state index in [0.29, 0.717) is 39.2 Å². The second kappa shape index (κ2) is 10.5. The maximum atomic E-state index is 13.2. The summed E-state index contributed by atoms with van der Waals surface area (Å²) in [5.41, 5.74) is 0. The minimum atomic E-state index is -0.692. The van der Waals surface area contributed by atoms with Crippen molar-refractivity contribution in [2.75, 3.05) is 39.5 Å². The molecule has 3 aliphatic rings. The highest BCUT2D eigenvalue weighted by molar-refractivity contribution is 5.79. The Bertz CT molecular complexity index is 525. The third kappa shape index (κ3) is 5.65. The summed E-state index contributed by atoms with van der Waals surface area (Å²) in [7, 11) is 0. The molecule has 2 N–H and O–H groups in total. The summed E-state index contributed by atoms with van der Waals surface area (Å²) in [5, 5.41) is 13.1. The number of hydrogen-bond acceptors (Lipinski definition) is 6. The monoisotopic (exact) mass is 398 g/mol. The number of rotatable bonds is 5. The van der Waals surface area contributed by atoms with Gasteiger partial charge in [-0.1, -0.05) is 6.92 Å². The van der Waals surface area contributed by atoms with Crippen molar-refractivity contribution in [3.63, 3.8) is 0 Å². The average Bonchev–Trinajstić information content (AvgIpc) is 2.70. The first-order valence-electron chi connectivity index (χ1n) is 10.6. The molecule has 0 aromatic carbocycles. The molecule has 3 saturated heterocycles. The smallest absolute Gasteiger partial charge is 0.226 e. The van der Waals surface area contributed by atoms with Gasteiger partial charge in [-0.05, 0) is 32.1 Å². The lowest BCUT2D eigenvalue weighted by Gasteiger charge is -2.45. The Labute approximate surface area is 166 Å². The first-order chi connectivity index (χ1) is 13.6. The number of carbonyl (C=O) groups excluding carboxylic acids is 2. The first-order valence-corrected chi connectivity index (χ1v) is 10.6. The molecule has 0 bridgehead atoms. The molecule has 8 nitrogen and oxygen atoms in total. The zero-order valence-corrected chi connectivity index (χ0v) is 16.8. The zero-order valence-electron chi connectivity index (χ0n) is 16.8. The molecule has 160 valence electrons. The van der Waals surface area contributed by atoms with Gasteiger partial charge in [0.25, 0.3) is 0 Å². The van der Waals surface area contributed by atoms with Gasteiger partial charge >= 0.3 is 0 Å². The molecule has 0 unspecified atom stereocenters. The van der Waals surface area contributed by atoms with Crippen molar-refractivity contribution in [1.29, 1.82) is 0 Å². The molecule has 2 amide bonds. The van der Waals surface area contributed by atoms with E-state index in [9.17, 15) is 14.7 Å². The molecule has 0 aromatic heterocycles. The molecular weight excluding hydrogens is 364 g/mol. The van der Waals surface area contributed by atoms with Gasteiger partial charge in [-0.3, -0.25) is 9.59 Å². The number of ether oxygens (including phenoxy) is 3. The number of fused-ring (bicyclic) bond motifs is 1. The van der Waals surface area contributed by atoms with Crippen LogP contribution in [0.25, 0.3) is 0 Å². The van der Waals surface area contributed by atoms with E-state index in [-0.39, 0.29) is 49.1 Å². The fraction of sp³-hybridized carbons (Fsp3) is 0.900. The largest absolute Gasteiger partial charge is 0.389 e. The molecule has 0 aromatic rings. The van der Waals surface area contributed by atoms with Crippen LogP contribution in [0.3, 0.4) is 0 Å². The molecule has 3 rings (SSSR count). The molecular formula is C20H34N2O6. The average molecular weight is 399 g/mol. The summed E-state index contributed by atoms with van der Waals surface area (Å²) < 4.78 is 17.2.